The zero-order chi connectivity index (χ0) is 8.27. The van der Waals surface area contributed by atoms with Crippen LogP contribution in [0.1, 0.15) is 0 Å². The van der Waals surface area contributed by atoms with Crippen molar-refractivity contribution in [1.82, 2.24) is 0 Å². The van der Waals surface area contributed by atoms with Crippen molar-refractivity contribution in [2.45, 2.75) is 4.90 Å². The standard InChI is InChI=1S/C7H11N3S/c1-10-5-2-3-6(8)7(4-5)11-9/h2-4,10H,8-9H2,1H3. The molecule has 11 heavy (non-hydrogen) atoms. The van der Waals surface area contributed by atoms with Gasteiger partial charge in [0.05, 0.1) is 0 Å². The molecule has 1 aromatic carbocycles. The lowest BCUT2D eigenvalue weighted by atomic mass is 10.3. The van der Waals surface area contributed by atoms with Crippen LogP contribution in [0.25, 0.3) is 0 Å². The first-order valence-electron chi connectivity index (χ1n) is 3.22. The summed E-state index contributed by atoms with van der Waals surface area (Å²) in [5.41, 5.74) is 7.37. The molecule has 0 saturated carbocycles. The Morgan fingerprint density at radius 3 is 2.73 bits per heavy atom. The highest BCUT2D eigenvalue weighted by atomic mass is 32.2. The number of rotatable bonds is 2. The second-order valence-electron chi connectivity index (χ2n) is 2.12. The molecule has 1 aromatic rings. The van der Waals surface area contributed by atoms with Crippen LogP contribution in [0, 0.1) is 0 Å². The summed E-state index contributed by atoms with van der Waals surface area (Å²) < 4.78 is 0. The third-order valence-corrected chi connectivity index (χ3v) is 2.04. The molecule has 4 heteroatoms. The number of hydrogen-bond donors (Lipinski definition) is 3. The van der Waals surface area contributed by atoms with Crippen molar-refractivity contribution >= 4 is 23.3 Å². The maximum absolute atomic E-state index is 5.63. The molecule has 0 bridgehead atoms. The lowest BCUT2D eigenvalue weighted by Gasteiger charge is -2.04. The summed E-state index contributed by atoms with van der Waals surface area (Å²) >= 11 is 1.16. The monoisotopic (exact) mass is 169 g/mol. The molecule has 1 rings (SSSR count). The van der Waals surface area contributed by atoms with E-state index in [0.29, 0.717) is 0 Å². The van der Waals surface area contributed by atoms with Gasteiger partial charge in [0.1, 0.15) is 0 Å². The van der Waals surface area contributed by atoms with E-state index in [1.54, 1.807) is 0 Å². The Balaban J connectivity index is 3.02. The summed E-state index contributed by atoms with van der Waals surface area (Å²) in [6, 6.07) is 5.66. The van der Waals surface area contributed by atoms with Gasteiger partial charge in [-0.25, -0.2) is 0 Å². The van der Waals surface area contributed by atoms with E-state index in [1.165, 1.54) is 0 Å². The Bertz CT molecular complexity index is 249. The van der Waals surface area contributed by atoms with Crippen molar-refractivity contribution in [2.75, 3.05) is 18.1 Å². The molecule has 0 aliphatic carbocycles. The van der Waals surface area contributed by atoms with Gasteiger partial charge < -0.3 is 11.1 Å². The Morgan fingerprint density at radius 2 is 2.18 bits per heavy atom. The average molecular weight is 169 g/mol. The van der Waals surface area contributed by atoms with Crippen molar-refractivity contribution in [3.8, 4) is 0 Å². The summed E-state index contributed by atoms with van der Waals surface area (Å²) in [4.78, 5) is 0.900. The number of hydrogen-bond acceptors (Lipinski definition) is 4. The van der Waals surface area contributed by atoms with Gasteiger partial charge in [0.25, 0.3) is 0 Å². The molecule has 0 radical (unpaired) electrons. The molecule has 0 aliphatic rings. The predicted molar refractivity (Wildman–Crippen MR) is 50.4 cm³/mol. The van der Waals surface area contributed by atoms with Crippen LogP contribution >= 0.6 is 11.9 Å². The lowest BCUT2D eigenvalue weighted by molar-refractivity contribution is 1.41. The van der Waals surface area contributed by atoms with E-state index < -0.39 is 0 Å². The third kappa shape index (κ3) is 1.78. The van der Waals surface area contributed by atoms with Crippen molar-refractivity contribution in [2.24, 2.45) is 5.14 Å². The van der Waals surface area contributed by atoms with Crippen LogP contribution in [0.3, 0.4) is 0 Å². The minimum atomic E-state index is 0.719. The molecule has 0 atom stereocenters. The van der Waals surface area contributed by atoms with E-state index in [-0.39, 0.29) is 0 Å². The van der Waals surface area contributed by atoms with Gasteiger partial charge in [-0.2, -0.15) is 0 Å². The van der Waals surface area contributed by atoms with E-state index >= 15 is 0 Å². The topological polar surface area (TPSA) is 64.1 Å². The molecule has 0 spiro atoms. The minimum Gasteiger partial charge on any atom is -0.398 e. The molecule has 0 aromatic heterocycles. The van der Waals surface area contributed by atoms with Gasteiger partial charge in [-0.3, -0.25) is 5.14 Å². The van der Waals surface area contributed by atoms with Gasteiger partial charge in [0.2, 0.25) is 0 Å². The fourth-order valence-corrected chi connectivity index (χ4v) is 1.19. The van der Waals surface area contributed by atoms with Crippen LogP contribution in [0.2, 0.25) is 0 Å². The quantitative estimate of drug-likeness (QED) is 0.461. The number of anilines is 2. The van der Waals surface area contributed by atoms with Gasteiger partial charge >= 0.3 is 0 Å². The van der Waals surface area contributed by atoms with E-state index in [0.717, 1.165) is 28.2 Å². The Kier molecular flexibility index (Phi) is 2.62. The maximum atomic E-state index is 5.63. The van der Waals surface area contributed by atoms with Crippen LogP contribution in [0.4, 0.5) is 11.4 Å². The molecule has 0 amide bonds. The van der Waals surface area contributed by atoms with Crippen molar-refractivity contribution < 1.29 is 0 Å². The second kappa shape index (κ2) is 3.50. The second-order valence-corrected chi connectivity index (χ2v) is 2.80. The van der Waals surface area contributed by atoms with Gasteiger partial charge in [-0.05, 0) is 30.1 Å². The summed E-state index contributed by atoms with van der Waals surface area (Å²) in [6.45, 7) is 0. The molecule has 0 heterocycles. The summed E-state index contributed by atoms with van der Waals surface area (Å²) in [5, 5.41) is 8.39. The summed E-state index contributed by atoms with van der Waals surface area (Å²) in [7, 11) is 1.86. The van der Waals surface area contributed by atoms with Gasteiger partial charge in [-0.1, -0.05) is 0 Å². The van der Waals surface area contributed by atoms with Crippen molar-refractivity contribution in [1.29, 1.82) is 0 Å². The molecule has 0 fully saturated rings. The van der Waals surface area contributed by atoms with Crippen LogP contribution in [0.5, 0.6) is 0 Å². The molecule has 3 nitrogen and oxygen atoms in total. The third-order valence-electron chi connectivity index (χ3n) is 1.43. The van der Waals surface area contributed by atoms with Gasteiger partial charge in [-0.15, -0.1) is 0 Å². The van der Waals surface area contributed by atoms with Gasteiger partial charge in [0.15, 0.2) is 0 Å². The van der Waals surface area contributed by atoms with E-state index in [1.807, 2.05) is 25.2 Å². The predicted octanol–water partition coefficient (Wildman–Crippen LogP) is 1.28. The first-order chi connectivity index (χ1) is 5.27. The highest BCUT2D eigenvalue weighted by Gasteiger charge is 1.97. The Morgan fingerprint density at radius 1 is 1.45 bits per heavy atom. The van der Waals surface area contributed by atoms with E-state index in [4.69, 9.17) is 10.9 Å². The normalized spacial score (nSPS) is 9.64. The first-order valence-corrected chi connectivity index (χ1v) is 4.10. The minimum absolute atomic E-state index is 0.719. The molecule has 0 aliphatic heterocycles. The molecule has 0 saturated heterocycles. The Hall–Kier alpha value is -0.870. The van der Waals surface area contributed by atoms with Crippen LogP contribution < -0.4 is 16.2 Å². The van der Waals surface area contributed by atoms with Crippen LogP contribution in [-0.2, 0) is 0 Å². The van der Waals surface area contributed by atoms with Crippen LogP contribution in [-0.4, -0.2) is 7.05 Å². The number of benzene rings is 1. The molecule has 60 valence electrons. The number of nitrogen functional groups attached to an aromatic ring is 1. The fraction of sp³-hybridized carbons (Fsp3) is 0.143. The van der Waals surface area contributed by atoms with E-state index in [2.05, 4.69) is 5.32 Å². The van der Waals surface area contributed by atoms with Crippen molar-refractivity contribution in [3.63, 3.8) is 0 Å². The summed E-state index contributed by atoms with van der Waals surface area (Å²) in [5.74, 6) is 0. The van der Waals surface area contributed by atoms with Crippen molar-refractivity contribution in [3.05, 3.63) is 18.2 Å². The Labute approximate surface area is 70.3 Å². The summed E-state index contributed by atoms with van der Waals surface area (Å²) in [6.07, 6.45) is 0. The number of nitrogens with two attached hydrogens (primary N) is 2. The molecule has 0 unspecified atom stereocenters. The van der Waals surface area contributed by atoms with Crippen LogP contribution in [0.15, 0.2) is 23.1 Å². The average Bonchev–Trinajstić information content (AvgIpc) is 2.05. The first kappa shape index (κ1) is 8.23. The van der Waals surface area contributed by atoms with E-state index in [9.17, 15) is 0 Å². The zero-order valence-corrected chi connectivity index (χ0v) is 7.11. The number of nitrogens with one attached hydrogen (secondary N) is 1. The maximum Gasteiger partial charge on any atom is 0.0475 e. The molecular weight excluding hydrogens is 158 g/mol. The molecule has 5 N–H and O–H groups in total. The zero-order valence-electron chi connectivity index (χ0n) is 6.29. The largest absolute Gasteiger partial charge is 0.398 e. The highest BCUT2D eigenvalue weighted by molar-refractivity contribution is 7.97. The molecular formula is C7H11N3S. The SMILES string of the molecule is CNc1ccc(N)c(SN)c1. The van der Waals surface area contributed by atoms with Gasteiger partial charge in [0, 0.05) is 23.3 Å². The lowest BCUT2D eigenvalue weighted by Crippen LogP contribution is -1.93. The smallest absolute Gasteiger partial charge is 0.0475 e. The fourth-order valence-electron chi connectivity index (χ4n) is 0.792. The highest BCUT2D eigenvalue weighted by Crippen LogP contribution is 2.23.